The fourth-order valence-electron chi connectivity index (χ4n) is 3.57. The van der Waals surface area contributed by atoms with E-state index in [1.807, 2.05) is 12.1 Å². The molecule has 1 rings (SSSR count). The van der Waals surface area contributed by atoms with Gasteiger partial charge in [0.15, 0.2) is 0 Å². The van der Waals surface area contributed by atoms with Gasteiger partial charge in [-0.2, -0.15) is 0 Å². The number of methoxy groups -OCH3 is 1. The molecule has 5 atom stereocenters. The van der Waals surface area contributed by atoms with Crippen molar-refractivity contribution in [2.45, 2.75) is 60.5 Å². The minimum Gasteiger partial charge on any atom is -0.497 e. The summed E-state index contributed by atoms with van der Waals surface area (Å²) in [6, 6.07) is 8.06. The van der Waals surface area contributed by atoms with Gasteiger partial charge in [-0.05, 0) is 60.1 Å². The summed E-state index contributed by atoms with van der Waals surface area (Å²) in [6.07, 6.45) is 13.5. The topological polar surface area (TPSA) is 18.5 Å². The predicted molar refractivity (Wildman–Crippen MR) is 120 cm³/mol. The molecule has 0 heterocycles. The first-order valence-electron chi connectivity index (χ1n) is 10.7. The first-order valence-corrected chi connectivity index (χ1v) is 10.7. The van der Waals surface area contributed by atoms with Crippen molar-refractivity contribution in [3.63, 3.8) is 0 Å². The van der Waals surface area contributed by atoms with Crippen molar-refractivity contribution >= 4 is 0 Å². The van der Waals surface area contributed by atoms with Crippen molar-refractivity contribution in [2.75, 3.05) is 13.7 Å². The summed E-state index contributed by atoms with van der Waals surface area (Å²) in [7, 11) is 1.68. The molecule has 0 aromatic heterocycles. The first-order chi connectivity index (χ1) is 13.3. The van der Waals surface area contributed by atoms with E-state index in [9.17, 15) is 0 Å². The van der Waals surface area contributed by atoms with Crippen LogP contribution in [-0.4, -0.2) is 13.7 Å². The number of hydrogen-bond donors (Lipinski definition) is 0. The lowest BCUT2D eigenvalue weighted by molar-refractivity contribution is 0.0817. The summed E-state index contributed by atoms with van der Waals surface area (Å²) in [4.78, 5) is 0. The maximum Gasteiger partial charge on any atom is 0.118 e. The van der Waals surface area contributed by atoms with Gasteiger partial charge in [-0.25, -0.2) is 0 Å². The molecule has 0 aliphatic carbocycles. The van der Waals surface area contributed by atoms with Crippen LogP contribution in [0.5, 0.6) is 5.75 Å². The largest absolute Gasteiger partial charge is 0.497 e. The van der Waals surface area contributed by atoms with E-state index in [0.29, 0.717) is 36.2 Å². The molecule has 156 valence electrons. The summed E-state index contributed by atoms with van der Waals surface area (Å²) in [5.74, 6) is 6.60. The third kappa shape index (κ3) is 10.00. The van der Waals surface area contributed by atoms with Crippen LogP contribution in [0, 0.1) is 41.9 Å². The molecule has 0 N–H and O–H groups in total. The molecule has 0 aliphatic rings. The quantitative estimate of drug-likeness (QED) is 0.276. The van der Waals surface area contributed by atoms with Gasteiger partial charge in [-0.15, -0.1) is 12.3 Å². The lowest BCUT2D eigenvalue weighted by Gasteiger charge is -2.20. The normalized spacial score (nSPS) is 16.9. The molecule has 0 aliphatic heterocycles. The van der Waals surface area contributed by atoms with Crippen LogP contribution in [0.1, 0.15) is 59.4 Å². The van der Waals surface area contributed by atoms with Crippen LogP contribution in [0.15, 0.2) is 36.4 Å². The lowest BCUT2D eigenvalue weighted by atomic mass is 9.87. The van der Waals surface area contributed by atoms with Crippen molar-refractivity contribution in [1.82, 2.24) is 0 Å². The molecule has 0 saturated carbocycles. The minimum atomic E-state index is 0.495. The van der Waals surface area contributed by atoms with Crippen molar-refractivity contribution in [3.05, 3.63) is 42.0 Å². The molecule has 0 bridgehead atoms. The Balaban J connectivity index is 2.31. The summed E-state index contributed by atoms with van der Waals surface area (Å²) in [6.45, 7) is 12.9. The monoisotopic (exact) mass is 384 g/mol. The van der Waals surface area contributed by atoms with Crippen LogP contribution in [0.2, 0.25) is 0 Å². The summed E-state index contributed by atoms with van der Waals surface area (Å²) in [5.41, 5.74) is 1.18. The fourth-order valence-corrected chi connectivity index (χ4v) is 3.57. The van der Waals surface area contributed by atoms with Crippen LogP contribution in [0.4, 0.5) is 0 Å². The van der Waals surface area contributed by atoms with Gasteiger partial charge in [-0.3, -0.25) is 0 Å². The fraction of sp³-hybridized carbons (Fsp3) is 0.615. The highest BCUT2D eigenvalue weighted by Crippen LogP contribution is 2.23. The zero-order chi connectivity index (χ0) is 20.9. The number of hydrogen-bond acceptors (Lipinski definition) is 2. The second kappa shape index (κ2) is 13.5. The lowest BCUT2D eigenvalue weighted by Crippen LogP contribution is -2.13. The average Bonchev–Trinajstić information content (AvgIpc) is 2.66. The van der Waals surface area contributed by atoms with Crippen molar-refractivity contribution in [1.29, 1.82) is 0 Å². The Morgan fingerprint density at radius 3 is 2.25 bits per heavy atom. The molecule has 0 unspecified atom stereocenters. The number of allylic oxidation sites excluding steroid dienone is 2. The molecular formula is C26H40O2. The first kappa shape index (κ1) is 24.3. The van der Waals surface area contributed by atoms with Gasteiger partial charge in [0.2, 0.25) is 0 Å². The van der Waals surface area contributed by atoms with Gasteiger partial charge in [0.25, 0.3) is 0 Å². The van der Waals surface area contributed by atoms with Gasteiger partial charge in [-0.1, -0.05) is 58.9 Å². The van der Waals surface area contributed by atoms with Gasteiger partial charge in [0, 0.05) is 6.42 Å². The average molecular weight is 385 g/mol. The molecular weight excluding hydrogens is 344 g/mol. The Hall–Kier alpha value is -1.72. The van der Waals surface area contributed by atoms with Crippen LogP contribution >= 0.6 is 0 Å². The maximum atomic E-state index is 5.92. The highest BCUT2D eigenvalue weighted by Gasteiger charge is 2.13. The van der Waals surface area contributed by atoms with Crippen LogP contribution < -0.4 is 4.74 Å². The van der Waals surface area contributed by atoms with Gasteiger partial charge in [0.1, 0.15) is 5.75 Å². The number of rotatable bonds is 13. The van der Waals surface area contributed by atoms with Crippen molar-refractivity contribution in [3.8, 4) is 18.1 Å². The van der Waals surface area contributed by atoms with Gasteiger partial charge >= 0.3 is 0 Å². The van der Waals surface area contributed by atoms with Crippen molar-refractivity contribution in [2.24, 2.45) is 29.6 Å². The Morgan fingerprint density at radius 1 is 0.964 bits per heavy atom. The molecule has 0 fully saturated rings. The maximum absolute atomic E-state index is 5.92. The Kier molecular flexibility index (Phi) is 11.7. The standard InChI is InChI=1S/C26H40O2/c1-8-9-20(2)16-22(4)17-21(3)10-11-23(5)24(6)18-28-19-25-12-14-26(27-7)15-13-25/h1,10-15,20-24H,9,16-19H2,2-7H3/b11-10+/t20-,21+,22-,23+,24-/m0/s1. The second-order valence-electron chi connectivity index (χ2n) is 8.65. The Labute approximate surface area is 173 Å². The SMILES string of the molecule is C#CC[C@H](C)C[C@H](C)C[C@H](C)/C=C/[C@@H](C)[C@@H](C)COCc1ccc(OC)cc1. The molecule has 0 radical (unpaired) electrons. The highest BCUT2D eigenvalue weighted by atomic mass is 16.5. The van der Waals surface area contributed by atoms with E-state index in [1.165, 1.54) is 18.4 Å². The van der Waals surface area contributed by atoms with Crippen LogP contribution in [0.3, 0.4) is 0 Å². The number of benzene rings is 1. The molecule has 0 saturated heterocycles. The van der Waals surface area contributed by atoms with E-state index in [-0.39, 0.29) is 0 Å². The third-order valence-corrected chi connectivity index (χ3v) is 5.49. The molecule has 1 aromatic rings. The van der Waals surface area contributed by atoms with Gasteiger partial charge in [0.05, 0.1) is 20.3 Å². The van der Waals surface area contributed by atoms with E-state index in [0.717, 1.165) is 18.8 Å². The smallest absolute Gasteiger partial charge is 0.118 e. The van der Waals surface area contributed by atoms with E-state index >= 15 is 0 Å². The Bertz CT molecular complexity index is 596. The van der Waals surface area contributed by atoms with E-state index in [4.69, 9.17) is 15.9 Å². The highest BCUT2D eigenvalue weighted by molar-refractivity contribution is 5.26. The molecule has 1 aromatic carbocycles. The zero-order valence-electron chi connectivity index (χ0n) is 18.8. The third-order valence-electron chi connectivity index (χ3n) is 5.49. The van der Waals surface area contributed by atoms with Crippen LogP contribution in [-0.2, 0) is 11.3 Å². The molecule has 2 heteroatoms. The van der Waals surface area contributed by atoms with Crippen molar-refractivity contribution < 1.29 is 9.47 Å². The summed E-state index contributed by atoms with van der Waals surface area (Å²) in [5, 5.41) is 0. The molecule has 0 amide bonds. The number of terminal acetylenes is 1. The predicted octanol–water partition coefficient (Wildman–Crippen LogP) is 6.75. The molecule has 0 spiro atoms. The van der Waals surface area contributed by atoms with Gasteiger partial charge < -0.3 is 9.47 Å². The zero-order valence-corrected chi connectivity index (χ0v) is 18.8. The Morgan fingerprint density at radius 2 is 1.64 bits per heavy atom. The molecule has 28 heavy (non-hydrogen) atoms. The van der Waals surface area contributed by atoms with E-state index < -0.39 is 0 Å². The van der Waals surface area contributed by atoms with E-state index in [1.54, 1.807) is 7.11 Å². The number of ether oxygens (including phenoxy) is 2. The van der Waals surface area contributed by atoms with E-state index in [2.05, 4.69) is 64.8 Å². The summed E-state index contributed by atoms with van der Waals surface area (Å²) < 4.78 is 11.1. The van der Waals surface area contributed by atoms with Crippen LogP contribution in [0.25, 0.3) is 0 Å². The molecule has 2 nitrogen and oxygen atoms in total. The minimum absolute atomic E-state index is 0.495. The second-order valence-corrected chi connectivity index (χ2v) is 8.65. The summed E-state index contributed by atoms with van der Waals surface area (Å²) >= 11 is 0.